The molecule has 1 unspecified atom stereocenters. The molecule has 0 saturated carbocycles. The van der Waals surface area contributed by atoms with Crippen LogP contribution in [0.2, 0.25) is 0 Å². The van der Waals surface area contributed by atoms with Crippen LogP contribution in [0.25, 0.3) is 0 Å². The molecule has 0 bridgehead atoms. The molecule has 0 saturated heterocycles. The molecule has 1 aromatic carbocycles. The average Bonchev–Trinajstić information content (AvgIpc) is 2.14. The van der Waals surface area contributed by atoms with E-state index in [0.29, 0.717) is 4.47 Å². The minimum atomic E-state index is -0.916. The summed E-state index contributed by atoms with van der Waals surface area (Å²) in [5.41, 5.74) is 0.263. The third-order valence-corrected chi connectivity index (χ3v) is 2.40. The molecule has 15 heavy (non-hydrogen) atoms. The van der Waals surface area contributed by atoms with Gasteiger partial charge >= 0.3 is 0 Å². The van der Waals surface area contributed by atoms with Gasteiger partial charge in [-0.3, -0.25) is 0 Å². The van der Waals surface area contributed by atoms with Gasteiger partial charge < -0.3 is 9.84 Å². The van der Waals surface area contributed by atoms with E-state index in [4.69, 9.17) is 4.74 Å². The van der Waals surface area contributed by atoms with E-state index in [0.717, 1.165) is 0 Å². The Morgan fingerprint density at radius 1 is 1.47 bits per heavy atom. The van der Waals surface area contributed by atoms with Crippen molar-refractivity contribution in [1.82, 2.24) is 0 Å². The minimum Gasteiger partial charge on any atom is -0.386 e. The largest absolute Gasteiger partial charge is 0.386 e. The smallest absolute Gasteiger partial charge is 0.130 e. The topological polar surface area (TPSA) is 29.5 Å². The first-order valence-corrected chi connectivity index (χ1v) is 5.54. The summed E-state index contributed by atoms with van der Waals surface area (Å²) in [6.07, 6.45) is -0.890. The van der Waals surface area contributed by atoms with Crippen molar-refractivity contribution in [2.75, 3.05) is 6.61 Å². The van der Waals surface area contributed by atoms with Crippen molar-refractivity contribution in [2.45, 2.75) is 26.1 Å². The zero-order valence-corrected chi connectivity index (χ0v) is 10.3. The second-order valence-corrected chi connectivity index (χ2v) is 4.48. The summed E-state index contributed by atoms with van der Waals surface area (Å²) >= 11 is 3.15. The molecule has 0 fully saturated rings. The highest BCUT2D eigenvalue weighted by atomic mass is 79.9. The molecule has 0 aliphatic rings. The van der Waals surface area contributed by atoms with Gasteiger partial charge in [0.2, 0.25) is 0 Å². The summed E-state index contributed by atoms with van der Waals surface area (Å²) in [6.45, 7) is 3.84. The number of ether oxygens (including phenoxy) is 1. The maximum absolute atomic E-state index is 13.4. The van der Waals surface area contributed by atoms with Crippen LogP contribution in [0.5, 0.6) is 0 Å². The monoisotopic (exact) mass is 276 g/mol. The molecule has 2 nitrogen and oxygen atoms in total. The average molecular weight is 277 g/mol. The van der Waals surface area contributed by atoms with Crippen molar-refractivity contribution in [3.05, 3.63) is 34.1 Å². The first-order valence-electron chi connectivity index (χ1n) is 4.75. The highest BCUT2D eigenvalue weighted by Crippen LogP contribution is 2.21. The van der Waals surface area contributed by atoms with E-state index in [2.05, 4.69) is 15.9 Å². The molecule has 0 amide bonds. The van der Waals surface area contributed by atoms with Crippen molar-refractivity contribution in [2.24, 2.45) is 0 Å². The lowest BCUT2D eigenvalue weighted by molar-refractivity contribution is 0.00359. The molecule has 4 heteroatoms. The lowest BCUT2D eigenvalue weighted by atomic mass is 10.1. The van der Waals surface area contributed by atoms with E-state index in [1.165, 1.54) is 6.07 Å². The Kier molecular flexibility index (Phi) is 4.70. The Morgan fingerprint density at radius 2 is 2.13 bits per heavy atom. The first-order chi connectivity index (χ1) is 7.00. The number of hydrogen-bond donors (Lipinski definition) is 1. The van der Waals surface area contributed by atoms with Crippen LogP contribution in [-0.2, 0) is 4.74 Å². The first kappa shape index (κ1) is 12.6. The fourth-order valence-corrected chi connectivity index (χ4v) is 1.48. The van der Waals surface area contributed by atoms with Crippen LogP contribution in [0.3, 0.4) is 0 Å². The standard InChI is InChI=1S/C11H14BrFO2/c1-7(2)15-6-11(14)9-4-3-8(12)5-10(9)13/h3-5,7,11,14H,6H2,1-2H3. The predicted octanol–water partition coefficient (Wildman–Crippen LogP) is 3.05. The van der Waals surface area contributed by atoms with Crippen LogP contribution in [-0.4, -0.2) is 17.8 Å². The fraction of sp³-hybridized carbons (Fsp3) is 0.455. The van der Waals surface area contributed by atoms with Crippen molar-refractivity contribution < 1.29 is 14.2 Å². The van der Waals surface area contributed by atoms with E-state index in [1.807, 2.05) is 13.8 Å². The second-order valence-electron chi connectivity index (χ2n) is 3.56. The quantitative estimate of drug-likeness (QED) is 0.916. The van der Waals surface area contributed by atoms with Gasteiger partial charge in [-0.15, -0.1) is 0 Å². The zero-order chi connectivity index (χ0) is 11.4. The third-order valence-electron chi connectivity index (χ3n) is 1.91. The summed E-state index contributed by atoms with van der Waals surface area (Å²) < 4.78 is 19.2. The summed E-state index contributed by atoms with van der Waals surface area (Å²) in [5, 5.41) is 9.66. The van der Waals surface area contributed by atoms with Crippen molar-refractivity contribution >= 4 is 15.9 Å². The van der Waals surface area contributed by atoms with Gasteiger partial charge in [0, 0.05) is 10.0 Å². The lowest BCUT2D eigenvalue weighted by Gasteiger charge is -2.14. The van der Waals surface area contributed by atoms with Crippen LogP contribution >= 0.6 is 15.9 Å². The van der Waals surface area contributed by atoms with Crippen LogP contribution in [0.4, 0.5) is 4.39 Å². The van der Waals surface area contributed by atoms with E-state index < -0.39 is 11.9 Å². The zero-order valence-electron chi connectivity index (χ0n) is 8.71. The number of aliphatic hydroxyl groups is 1. The highest BCUT2D eigenvalue weighted by Gasteiger charge is 2.13. The Labute approximate surface area is 97.2 Å². The van der Waals surface area contributed by atoms with Gasteiger partial charge in [0.05, 0.1) is 12.7 Å². The van der Waals surface area contributed by atoms with Crippen LogP contribution in [0.1, 0.15) is 25.5 Å². The molecule has 0 spiro atoms. The van der Waals surface area contributed by atoms with Crippen LogP contribution in [0.15, 0.2) is 22.7 Å². The molecule has 84 valence electrons. The summed E-state index contributed by atoms with van der Waals surface area (Å²) in [4.78, 5) is 0. The fourth-order valence-electron chi connectivity index (χ4n) is 1.15. The molecule has 1 aromatic rings. The molecular weight excluding hydrogens is 263 g/mol. The van der Waals surface area contributed by atoms with Gasteiger partial charge in [0.15, 0.2) is 0 Å². The predicted molar refractivity (Wildman–Crippen MR) is 60.1 cm³/mol. The number of aliphatic hydroxyl groups excluding tert-OH is 1. The number of halogens is 2. The molecular formula is C11H14BrFO2. The molecule has 0 aromatic heterocycles. The van der Waals surface area contributed by atoms with E-state index in [1.54, 1.807) is 12.1 Å². The highest BCUT2D eigenvalue weighted by molar-refractivity contribution is 9.10. The minimum absolute atomic E-state index is 0.0261. The third kappa shape index (κ3) is 3.89. The molecule has 1 rings (SSSR count). The molecule has 1 N–H and O–H groups in total. The lowest BCUT2D eigenvalue weighted by Crippen LogP contribution is -2.13. The normalized spacial score (nSPS) is 13.2. The maximum Gasteiger partial charge on any atom is 0.130 e. The SMILES string of the molecule is CC(C)OCC(O)c1ccc(Br)cc1F. The van der Waals surface area contributed by atoms with Gasteiger partial charge in [-0.1, -0.05) is 22.0 Å². The van der Waals surface area contributed by atoms with Crippen LogP contribution in [0, 0.1) is 5.82 Å². The van der Waals surface area contributed by atoms with Gasteiger partial charge in [-0.05, 0) is 26.0 Å². The Hall–Kier alpha value is -0.450. The van der Waals surface area contributed by atoms with E-state index in [9.17, 15) is 9.50 Å². The Balaban J connectivity index is 2.69. The second kappa shape index (κ2) is 5.58. The van der Waals surface area contributed by atoms with Gasteiger partial charge in [0.25, 0.3) is 0 Å². The molecule has 0 radical (unpaired) electrons. The number of hydrogen-bond acceptors (Lipinski definition) is 2. The molecule has 0 aliphatic heterocycles. The Bertz CT molecular complexity index is 328. The number of benzene rings is 1. The summed E-state index contributed by atoms with van der Waals surface area (Å²) in [6, 6.07) is 4.57. The van der Waals surface area contributed by atoms with E-state index in [-0.39, 0.29) is 18.3 Å². The Morgan fingerprint density at radius 3 is 2.67 bits per heavy atom. The maximum atomic E-state index is 13.4. The van der Waals surface area contributed by atoms with Crippen molar-refractivity contribution in [1.29, 1.82) is 0 Å². The van der Waals surface area contributed by atoms with E-state index >= 15 is 0 Å². The summed E-state index contributed by atoms with van der Waals surface area (Å²) in [7, 11) is 0. The van der Waals surface area contributed by atoms with Crippen molar-refractivity contribution in [3.8, 4) is 0 Å². The molecule has 1 atom stereocenters. The summed E-state index contributed by atoms with van der Waals surface area (Å²) in [5.74, 6) is -0.427. The molecule has 0 aliphatic carbocycles. The van der Waals surface area contributed by atoms with Gasteiger partial charge in [0.1, 0.15) is 11.9 Å². The van der Waals surface area contributed by atoms with Gasteiger partial charge in [-0.25, -0.2) is 4.39 Å². The van der Waals surface area contributed by atoms with Gasteiger partial charge in [-0.2, -0.15) is 0 Å². The molecule has 0 heterocycles. The van der Waals surface area contributed by atoms with Crippen LogP contribution < -0.4 is 0 Å². The van der Waals surface area contributed by atoms with Crippen molar-refractivity contribution in [3.63, 3.8) is 0 Å². The number of rotatable bonds is 4.